The number of piperidine rings is 2. The Hall–Kier alpha value is -1.01. The zero-order valence-electron chi connectivity index (χ0n) is 11.8. The molecule has 2 aliphatic heterocycles. The van der Waals surface area contributed by atoms with Gasteiger partial charge in [0.25, 0.3) is 0 Å². The molecular weight excluding hydrogens is 280 g/mol. The molecule has 2 rings (SSSR count). The summed E-state index contributed by atoms with van der Waals surface area (Å²) in [6.45, 7) is 3.07. The number of nitrogens with two attached hydrogens (primary N) is 1. The van der Waals surface area contributed by atoms with E-state index in [-0.39, 0.29) is 30.3 Å². The summed E-state index contributed by atoms with van der Waals surface area (Å²) in [5, 5.41) is 5.91. The molecule has 2 aliphatic rings. The first-order chi connectivity index (χ1) is 9.18. The van der Waals surface area contributed by atoms with Crippen molar-refractivity contribution in [2.75, 3.05) is 26.2 Å². The molecule has 7 heteroatoms. The van der Waals surface area contributed by atoms with E-state index in [9.17, 15) is 9.59 Å². The topological polar surface area (TPSA) is 87.5 Å². The number of nitrogens with one attached hydrogen (secondary N) is 2. The van der Waals surface area contributed by atoms with Crippen molar-refractivity contribution >= 4 is 24.3 Å². The van der Waals surface area contributed by atoms with Gasteiger partial charge >= 0.3 is 6.03 Å². The molecule has 0 bridgehead atoms. The molecule has 0 saturated carbocycles. The van der Waals surface area contributed by atoms with Crippen molar-refractivity contribution < 1.29 is 9.59 Å². The number of amides is 3. The average molecular weight is 305 g/mol. The number of carbonyl (C=O) groups excluding carboxylic acids is 2. The summed E-state index contributed by atoms with van der Waals surface area (Å²) in [5.41, 5.74) is 5.11. The first-order valence-electron chi connectivity index (χ1n) is 7.23. The van der Waals surface area contributed by atoms with Gasteiger partial charge in [0.1, 0.15) is 0 Å². The molecule has 0 aromatic heterocycles. The van der Waals surface area contributed by atoms with Crippen molar-refractivity contribution in [1.82, 2.24) is 15.5 Å². The van der Waals surface area contributed by atoms with Gasteiger partial charge in [0.2, 0.25) is 5.91 Å². The molecule has 0 aromatic rings. The number of halogens is 1. The minimum Gasteiger partial charge on any atom is -0.352 e. The predicted molar refractivity (Wildman–Crippen MR) is 79.8 cm³/mol. The van der Waals surface area contributed by atoms with Gasteiger partial charge in [0.05, 0.1) is 5.92 Å². The van der Waals surface area contributed by atoms with Crippen LogP contribution in [-0.4, -0.2) is 49.1 Å². The molecule has 116 valence electrons. The Kier molecular flexibility index (Phi) is 7.09. The highest BCUT2D eigenvalue weighted by molar-refractivity contribution is 5.85. The summed E-state index contributed by atoms with van der Waals surface area (Å²) in [6, 6.07) is -0.409. The van der Waals surface area contributed by atoms with Crippen LogP contribution in [0.5, 0.6) is 0 Å². The van der Waals surface area contributed by atoms with Gasteiger partial charge < -0.3 is 21.3 Å². The number of hydrogen-bond acceptors (Lipinski definition) is 3. The maximum absolute atomic E-state index is 12.6. The number of urea groups is 1. The second-order valence-electron chi connectivity index (χ2n) is 5.47. The zero-order valence-corrected chi connectivity index (χ0v) is 12.6. The normalized spacial score (nSPS) is 26.5. The molecule has 0 radical (unpaired) electrons. The van der Waals surface area contributed by atoms with Gasteiger partial charge in [-0.05, 0) is 38.6 Å². The highest BCUT2D eigenvalue weighted by Crippen LogP contribution is 2.21. The lowest BCUT2D eigenvalue weighted by molar-refractivity contribution is -0.139. The summed E-state index contributed by atoms with van der Waals surface area (Å²) in [4.78, 5) is 25.3. The number of nitrogens with zero attached hydrogens (tertiary/aromatic N) is 1. The van der Waals surface area contributed by atoms with E-state index in [1.54, 1.807) is 0 Å². The maximum atomic E-state index is 12.6. The van der Waals surface area contributed by atoms with Gasteiger partial charge in [-0.2, -0.15) is 0 Å². The standard InChI is InChI=1S/C13H24N4O2.ClH/c14-13(19)16-9-11-5-1-2-7-17(11)12(18)10-4-3-6-15-8-10;/h10-11,15H,1-9H2,(H3,14,16,19);1H. The molecule has 0 spiro atoms. The molecule has 0 aromatic carbocycles. The van der Waals surface area contributed by atoms with Gasteiger partial charge in [-0.1, -0.05) is 0 Å². The zero-order chi connectivity index (χ0) is 13.7. The molecular formula is C13H25ClN4O2. The van der Waals surface area contributed by atoms with Crippen molar-refractivity contribution in [2.45, 2.75) is 38.1 Å². The van der Waals surface area contributed by atoms with Gasteiger partial charge in [-0.3, -0.25) is 4.79 Å². The maximum Gasteiger partial charge on any atom is 0.312 e. The number of primary amides is 1. The molecule has 3 amide bonds. The first-order valence-corrected chi connectivity index (χ1v) is 7.23. The van der Waals surface area contributed by atoms with Crippen LogP contribution in [-0.2, 0) is 4.79 Å². The Labute approximate surface area is 126 Å². The van der Waals surface area contributed by atoms with Crippen LogP contribution < -0.4 is 16.4 Å². The molecule has 2 saturated heterocycles. The fraction of sp³-hybridized carbons (Fsp3) is 0.846. The van der Waals surface area contributed by atoms with Crippen LogP contribution in [0.25, 0.3) is 0 Å². The van der Waals surface area contributed by atoms with Crippen LogP contribution >= 0.6 is 12.4 Å². The van der Waals surface area contributed by atoms with Gasteiger partial charge in [0, 0.05) is 25.7 Å². The molecule has 2 unspecified atom stereocenters. The Bertz CT molecular complexity index is 334. The van der Waals surface area contributed by atoms with Gasteiger partial charge in [0.15, 0.2) is 0 Å². The number of likely N-dealkylation sites (tertiary alicyclic amines) is 1. The van der Waals surface area contributed by atoms with Crippen LogP contribution in [0.3, 0.4) is 0 Å². The Morgan fingerprint density at radius 1 is 1.25 bits per heavy atom. The minimum absolute atomic E-state index is 0. The second-order valence-corrected chi connectivity index (χ2v) is 5.47. The molecule has 2 fully saturated rings. The van der Waals surface area contributed by atoms with Crippen molar-refractivity contribution in [3.8, 4) is 0 Å². The molecule has 0 aliphatic carbocycles. The smallest absolute Gasteiger partial charge is 0.312 e. The predicted octanol–water partition coefficient (Wildman–Crippen LogP) is 0.457. The second kappa shape index (κ2) is 8.32. The summed E-state index contributed by atoms with van der Waals surface area (Å²) in [6.07, 6.45) is 5.15. The average Bonchev–Trinajstić information content (AvgIpc) is 2.45. The third-order valence-electron chi connectivity index (χ3n) is 4.07. The lowest BCUT2D eigenvalue weighted by atomic mass is 9.94. The van der Waals surface area contributed by atoms with Crippen molar-refractivity contribution in [3.63, 3.8) is 0 Å². The lowest BCUT2D eigenvalue weighted by Gasteiger charge is -2.38. The number of carbonyl (C=O) groups is 2. The fourth-order valence-corrected chi connectivity index (χ4v) is 3.02. The van der Waals surface area contributed by atoms with E-state index >= 15 is 0 Å². The van der Waals surface area contributed by atoms with Crippen molar-refractivity contribution in [3.05, 3.63) is 0 Å². The number of rotatable bonds is 3. The van der Waals surface area contributed by atoms with Crippen LogP contribution in [0.2, 0.25) is 0 Å². The van der Waals surface area contributed by atoms with E-state index in [2.05, 4.69) is 10.6 Å². The minimum atomic E-state index is -0.516. The van der Waals surface area contributed by atoms with Crippen LogP contribution in [0, 0.1) is 5.92 Å². The van der Waals surface area contributed by atoms with Crippen molar-refractivity contribution in [2.24, 2.45) is 11.7 Å². The molecule has 2 atom stereocenters. The van der Waals surface area contributed by atoms with E-state index in [1.165, 1.54) is 0 Å². The summed E-state index contributed by atoms with van der Waals surface area (Å²) in [5.74, 6) is 0.339. The third kappa shape index (κ3) is 4.52. The molecule has 6 nitrogen and oxygen atoms in total. The Balaban J connectivity index is 0.00000200. The lowest BCUT2D eigenvalue weighted by Crippen LogP contribution is -2.53. The first kappa shape index (κ1) is 17.0. The van der Waals surface area contributed by atoms with Gasteiger partial charge in [-0.25, -0.2) is 4.79 Å². The SMILES string of the molecule is Cl.NC(=O)NCC1CCCCN1C(=O)C1CCCNC1. The van der Waals surface area contributed by atoms with E-state index < -0.39 is 6.03 Å². The largest absolute Gasteiger partial charge is 0.352 e. The monoisotopic (exact) mass is 304 g/mol. The van der Waals surface area contributed by atoms with E-state index in [0.717, 1.165) is 51.7 Å². The van der Waals surface area contributed by atoms with Crippen LogP contribution in [0.1, 0.15) is 32.1 Å². The quantitative estimate of drug-likeness (QED) is 0.708. The third-order valence-corrected chi connectivity index (χ3v) is 4.07. The van der Waals surface area contributed by atoms with Gasteiger partial charge in [-0.15, -0.1) is 12.4 Å². The Morgan fingerprint density at radius 3 is 2.70 bits per heavy atom. The summed E-state index contributed by atoms with van der Waals surface area (Å²) < 4.78 is 0. The molecule has 2 heterocycles. The van der Waals surface area contributed by atoms with E-state index in [4.69, 9.17) is 5.73 Å². The van der Waals surface area contributed by atoms with Crippen molar-refractivity contribution in [1.29, 1.82) is 0 Å². The highest BCUT2D eigenvalue weighted by Gasteiger charge is 2.32. The summed E-state index contributed by atoms with van der Waals surface area (Å²) in [7, 11) is 0. The summed E-state index contributed by atoms with van der Waals surface area (Å²) >= 11 is 0. The number of hydrogen-bond donors (Lipinski definition) is 3. The molecule has 20 heavy (non-hydrogen) atoms. The van der Waals surface area contributed by atoms with E-state index in [0.29, 0.717) is 6.54 Å². The van der Waals surface area contributed by atoms with E-state index in [1.807, 2.05) is 4.90 Å². The van der Waals surface area contributed by atoms with Crippen LogP contribution in [0.4, 0.5) is 4.79 Å². The Morgan fingerprint density at radius 2 is 2.05 bits per heavy atom. The molecule has 4 N–H and O–H groups in total. The van der Waals surface area contributed by atoms with Crippen LogP contribution in [0.15, 0.2) is 0 Å². The highest BCUT2D eigenvalue weighted by atomic mass is 35.5. The fourth-order valence-electron chi connectivity index (χ4n) is 3.02.